The summed E-state index contributed by atoms with van der Waals surface area (Å²) in [7, 11) is 0. The molecule has 0 aliphatic carbocycles. The minimum Gasteiger partial charge on any atom is -0.326 e. The fourth-order valence-corrected chi connectivity index (χ4v) is 3.57. The molecule has 0 bridgehead atoms. The predicted molar refractivity (Wildman–Crippen MR) is 115 cm³/mol. The van der Waals surface area contributed by atoms with Gasteiger partial charge in [0.05, 0.1) is 5.71 Å². The number of amidine groups is 1. The van der Waals surface area contributed by atoms with E-state index in [2.05, 4.69) is 20.8 Å². The van der Waals surface area contributed by atoms with Crippen LogP contribution in [0.4, 0.5) is 10.1 Å². The number of nitrogens with zero attached hydrogens (tertiary/aromatic N) is 2. The standard InChI is InChI=1S/C21H19FN4O3S/c1-12(14-6-8-16(22)9-7-14)25-26-21-24-20(29)18(30-21)11-19(28)23-17-5-3-4-15(10-17)13(2)27/h3-10,18H,11H2,1-2H3,(H,23,28)(H,24,26,29)/b25-12+/t18-/m1/s1. The lowest BCUT2D eigenvalue weighted by atomic mass is 10.1. The predicted octanol–water partition coefficient (Wildman–Crippen LogP) is 3.37. The summed E-state index contributed by atoms with van der Waals surface area (Å²) >= 11 is 1.11. The van der Waals surface area contributed by atoms with Crippen molar-refractivity contribution in [3.8, 4) is 0 Å². The maximum Gasteiger partial charge on any atom is 0.240 e. The van der Waals surface area contributed by atoms with Crippen LogP contribution < -0.4 is 10.6 Å². The molecule has 7 nitrogen and oxygen atoms in total. The van der Waals surface area contributed by atoms with E-state index in [-0.39, 0.29) is 35.0 Å². The number of rotatable bonds is 6. The molecule has 1 fully saturated rings. The molecule has 1 atom stereocenters. The fraction of sp³-hybridized carbons (Fsp3) is 0.190. The molecule has 1 aliphatic heterocycles. The number of hydrogen-bond acceptors (Lipinski definition) is 6. The Bertz CT molecular complexity index is 1050. The molecule has 1 aliphatic rings. The third kappa shape index (κ3) is 5.60. The Labute approximate surface area is 176 Å². The first kappa shape index (κ1) is 21.4. The van der Waals surface area contributed by atoms with Crippen molar-refractivity contribution < 1.29 is 18.8 Å². The zero-order valence-corrected chi connectivity index (χ0v) is 17.1. The van der Waals surface area contributed by atoms with Gasteiger partial charge in [0.25, 0.3) is 0 Å². The van der Waals surface area contributed by atoms with Crippen molar-refractivity contribution in [2.75, 3.05) is 5.32 Å². The lowest BCUT2D eigenvalue weighted by molar-refractivity contribution is -0.122. The van der Waals surface area contributed by atoms with Crippen LogP contribution in [0.2, 0.25) is 0 Å². The molecule has 9 heteroatoms. The SMILES string of the molecule is CC(=O)c1cccc(NC(=O)C[C@H]2S/C(=N\N=C(/C)c3ccc(F)cc3)NC2=O)c1. The lowest BCUT2D eigenvalue weighted by Gasteiger charge is -2.08. The average Bonchev–Trinajstić information content (AvgIpc) is 3.06. The Hall–Kier alpha value is -3.33. The van der Waals surface area contributed by atoms with Gasteiger partial charge in [-0.2, -0.15) is 5.10 Å². The van der Waals surface area contributed by atoms with Gasteiger partial charge in [-0.25, -0.2) is 4.39 Å². The number of anilines is 1. The monoisotopic (exact) mass is 426 g/mol. The van der Waals surface area contributed by atoms with E-state index < -0.39 is 5.25 Å². The molecule has 30 heavy (non-hydrogen) atoms. The van der Waals surface area contributed by atoms with E-state index in [0.29, 0.717) is 22.5 Å². The van der Waals surface area contributed by atoms with Gasteiger partial charge in [-0.05, 0) is 43.7 Å². The van der Waals surface area contributed by atoms with Gasteiger partial charge in [0.15, 0.2) is 11.0 Å². The van der Waals surface area contributed by atoms with Gasteiger partial charge in [-0.1, -0.05) is 36.0 Å². The Balaban J connectivity index is 1.60. The second-order valence-corrected chi connectivity index (χ2v) is 7.77. The molecule has 2 aromatic rings. The number of carbonyl (C=O) groups excluding carboxylic acids is 3. The first-order valence-corrected chi connectivity index (χ1v) is 9.96. The van der Waals surface area contributed by atoms with Crippen LogP contribution in [0.5, 0.6) is 0 Å². The molecule has 0 spiro atoms. The summed E-state index contributed by atoms with van der Waals surface area (Å²) in [5.41, 5.74) is 2.25. The molecule has 0 unspecified atom stereocenters. The zero-order chi connectivity index (χ0) is 21.7. The summed E-state index contributed by atoms with van der Waals surface area (Å²) in [6.45, 7) is 3.17. The molecule has 2 N–H and O–H groups in total. The van der Waals surface area contributed by atoms with E-state index in [1.165, 1.54) is 19.1 Å². The minimum absolute atomic E-state index is 0.0551. The molecule has 2 amide bonds. The van der Waals surface area contributed by atoms with Crippen molar-refractivity contribution in [2.45, 2.75) is 25.5 Å². The second kappa shape index (κ2) is 9.45. The lowest BCUT2D eigenvalue weighted by Crippen LogP contribution is -2.28. The van der Waals surface area contributed by atoms with Crippen LogP contribution in [0.25, 0.3) is 0 Å². The van der Waals surface area contributed by atoms with E-state index in [1.54, 1.807) is 43.3 Å². The van der Waals surface area contributed by atoms with Crippen molar-refractivity contribution >= 4 is 45.9 Å². The number of nitrogens with one attached hydrogen (secondary N) is 2. The van der Waals surface area contributed by atoms with Crippen molar-refractivity contribution in [1.82, 2.24) is 5.32 Å². The first-order valence-electron chi connectivity index (χ1n) is 9.08. The van der Waals surface area contributed by atoms with Crippen LogP contribution in [0.1, 0.15) is 36.2 Å². The summed E-state index contributed by atoms with van der Waals surface area (Å²) in [6, 6.07) is 12.4. The van der Waals surface area contributed by atoms with E-state index in [1.807, 2.05) is 0 Å². The van der Waals surface area contributed by atoms with Crippen molar-refractivity contribution in [2.24, 2.45) is 10.2 Å². The fourth-order valence-electron chi connectivity index (χ4n) is 2.65. The number of ketones is 1. The summed E-state index contributed by atoms with van der Waals surface area (Å²) in [4.78, 5) is 35.9. The summed E-state index contributed by atoms with van der Waals surface area (Å²) in [5.74, 6) is -1.13. The van der Waals surface area contributed by atoms with E-state index in [0.717, 1.165) is 11.8 Å². The minimum atomic E-state index is -0.638. The Kier molecular flexibility index (Phi) is 6.73. The summed E-state index contributed by atoms with van der Waals surface area (Å²) < 4.78 is 13.0. The van der Waals surface area contributed by atoms with Crippen molar-refractivity contribution in [3.63, 3.8) is 0 Å². The molecule has 0 radical (unpaired) electrons. The highest BCUT2D eigenvalue weighted by atomic mass is 32.2. The Morgan fingerprint density at radius 2 is 1.87 bits per heavy atom. The number of benzene rings is 2. The van der Waals surface area contributed by atoms with Gasteiger partial charge in [-0.15, -0.1) is 5.10 Å². The molecule has 1 heterocycles. The maximum atomic E-state index is 13.0. The molecule has 154 valence electrons. The van der Waals surface area contributed by atoms with Gasteiger partial charge in [-0.3, -0.25) is 14.4 Å². The third-order valence-corrected chi connectivity index (χ3v) is 5.33. The van der Waals surface area contributed by atoms with Crippen LogP contribution in [-0.2, 0) is 9.59 Å². The maximum absolute atomic E-state index is 13.0. The molecule has 0 aromatic heterocycles. The van der Waals surface area contributed by atoms with Crippen molar-refractivity contribution in [1.29, 1.82) is 0 Å². The first-order chi connectivity index (χ1) is 14.3. The summed E-state index contributed by atoms with van der Waals surface area (Å²) in [6.07, 6.45) is -0.0551. The topological polar surface area (TPSA) is 100.0 Å². The van der Waals surface area contributed by atoms with Crippen LogP contribution >= 0.6 is 11.8 Å². The quantitative estimate of drug-likeness (QED) is 0.420. The van der Waals surface area contributed by atoms with Gasteiger partial charge in [0.1, 0.15) is 11.1 Å². The van der Waals surface area contributed by atoms with Crippen molar-refractivity contribution in [3.05, 3.63) is 65.5 Å². The van der Waals surface area contributed by atoms with Crippen LogP contribution in [0, 0.1) is 5.82 Å². The number of Topliss-reactive ketones (excluding diaryl/α,β-unsaturated/α-hetero) is 1. The Morgan fingerprint density at radius 1 is 1.13 bits per heavy atom. The van der Waals surface area contributed by atoms with E-state index >= 15 is 0 Å². The number of hydrogen-bond donors (Lipinski definition) is 2. The smallest absolute Gasteiger partial charge is 0.240 e. The third-order valence-electron chi connectivity index (χ3n) is 4.25. The molecule has 0 saturated carbocycles. The molecular formula is C21H19FN4O3S. The van der Waals surface area contributed by atoms with E-state index in [9.17, 15) is 18.8 Å². The number of carbonyl (C=O) groups is 3. The molecular weight excluding hydrogens is 407 g/mol. The van der Waals surface area contributed by atoms with Gasteiger partial charge in [0, 0.05) is 17.7 Å². The second-order valence-electron chi connectivity index (χ2n) is 6.58. The zero-order valence-electron chi connectivity index (χ0n) is 16.3. The molecule has 3 rings (SSSR count). The number of amides is 2. The highest BCUT2D eigenvalue weighted by Gasteiger charge is 2.32. The van der Waals surface area contributed by atoms with Gasteiger partial charge >= 0.3 is 0 Å². The van der Waals surface area contributed by atoms with Crippen LogP contribution in [0.15, 0.2) is 58.7 Å². The van der Waals surface area contributed by atoms with Crippen LogP contribution in [-0.4, -0.2) is 33.7 Å². The van der Waals surface area contributed by atoms with Gasteiger partial charge in [0.2, 0.25) is 11.8 Å². The summed E-state index contributed by atoms with van der Waals surface area (Å²) in [5, 5.41) is 13.0. The average molecular weight is 426 g/mol. The largest absolute Gasteiger partial charge is 0.326 e. The number of thioether (sulfide) groups is 1. The number of halogens is 1. The Morgan fingerprint density at radius 3 is 2.57 bits per heavy atom. The highest BCUT2D eigenvalue weighted by Crippen LogP contribution is 2.23. The molecule has 2 aromatic carbocycles. The van der Waals surface area contributed by atoms with E-state index in [4.69, 9.17) is 0 Å². The van der Waals surface area contributed by atoms with Crippen LogP contribution in [0.3, 0.4) is 0 Å². The highest BCUT2D eigenvalue weighted by molar-refractivity contribution is 8.15. The van der Waals surface area contributed by atoms with Gasteiger partial charge < -0.3 is 10.6 Å². The normalized spacial score (nSPS) is 17.7. The molecule has 1 saturated heterocycles.